The summed E-state index contributed by atoms with van der Waals surface area (Å²) in [5.74, 6) is -0.646. The van der Waals surface area contributed by atoms with Crippen molar-refractivity contribution in [3.63, 3.8) is 0 Å². The van der Waals surface area contributed by atoms with Gasteiger partial charge >= 0.3 is 13.5 Å². The average molecular weight is 285 g/mol. The molecule has 8 heteroatoms. The molecule has 0 saturated carbocycles. The maximum absolute atomic E-state index is 11.9. The van der Waals surface area contributed by atoms with Crippen LogP contribution >= 0.6 is 15.9 Å². The van der Waals surface area contributed by atoms with Crippen molar-refractivity contribution in [3.8, 4) is 5.75 Å². The van der Waals surface area contributed by atoms with Crippen LogP contribution in [0.25, 0.3) is 0 Å². The summed E-state index contributed by atoms with van der Waals surface area (Å²) in [5.41, 5.74) is -0.366. The molecule has 0 bridgehead atoms. The van der Waals surface area contributed by atoms with E-state index in [0.717, 1.165) is 6.07 Å². The second-order valence-corrected chi connectivity index (χ2v) is 3.43. The Balaban J connectivity index is 3.12. The summed E-state index contributed by atoms with van der Waals surface area (Å²) < 4.78 is 39.5. The lowest BCUT2D eigenvalue weighted by Crippen LogP contribution is -2.34. The predicted octanol–water partition coefficient (Wildman–Crippen LogP) is 1.03. The highest BCUT2D eigenvalue weighted by Gasteiger charge is 2.34. The molecule has 0 saturated heterocycles. The maximum atomic E-state index is 11.9. The molecule has 1 aromatic carbocycles. The van der Waals surface area contributed by atoms with Gasteiger partial charge in [0.1, 0.15) is 5.75 Å². The van der Waals surface area contributed by atoms with Crippen molar-refractivity contribution in [2.75, 3.05) is 0 Å². The molecular weight excluding hydrogens is 280 g/mol. The van der Waals surface area contributed by atoms with Crippen molar-refractivity contribution in [1.82, 2.24) is 0 Å². The largest absolute Gasteiger partial charge is 0.573 e. The van der Waals surface area contributed by atoms with E-state index in [1.807, 2.05) is 0 Å². The molecule has 0 aliphatic carbocycles. The fourth-order valence-electron chi connectivity index (χ4n) is 0.981. The number of hydrogen-bond acceptors (Lipinski definition) is 3. The monoisotopic (exact) mass is 284 g/mol. The van der Waals surface area contributed by atoms with Gasteiger partial charge in [0.05, 0.1) is 0 Å². The summed E-state index contributed by atoms with van der Waals surface area (Å²) in [6, 6.07) is 3.65. The van der Waals surface area contributed by atoms with Crippen molar-refractivity contribution in [3.05, 3.63) is 22.7 Å². The van der Waals surface area contributed by atoms with Crippen LogP contribution in [0.15, 0.2) is 22.7 Å². The third-order valence-corrected chi connectivity index (χ3v) is 2.19. The van der Waals surface area contributed by atoms with Crippen LogP contribution in [0.4, 0.5) is 13.2 Å². The zero-order chi connectivity index (χ0) is 11.6. The first-order valence-electron chi connectivity index (χ1n) is 3.71. The van der Waals surface area contributed by atoms with E-state index in [1.54, 1.807) is 0 Å². The molecule has 1 rings (SSSR count). The van der Waals surface area contributed by atoms with E-state index in [9.17, 15) is 13.2 Å². The van der Waals surface area contributed by atoms with E-state index in [1.165, 1.54) is 12.1 Å². The molecular formula is C7H5BBrF3O3. The van der Waals surface area contributed by atoms with Gasteiger partial charge in [0.2, 0.25) is 0 Å². The van der Waals surface area contributed by atoms with Gasteiger partial charge in [-0.3, -0.25) is 0 Å². The third-order valence-electron chi connectivity index (χ3n) is 1.50. The van der Waals surface area contributed by atoms with Crippen LogP contribution in [-0.4, -0.2) is 23.5 Å². The van der Waals surface area contributed by atoms with E-state index in [2.05, 4.69) is 20.7 Å². The zero-order valence-corrected chi connectivity index (χ0v) is 8.71. The summed E-state index contributed by atoms with van der Waals surface area (Å²) >= 11 is 2.89. The molecule has 0 aliphatic heterocycles. The third kappa shape index (κ3) is 3.40. The number of hydrogen-bond donors (Lipinski definition) is 2. The second kappa shape index (κ2) is 4.42. The van der Waals surface area contributed by atoms with E-state index >= 15 is 0 Å². The minimum atomic E-state index is -4.87. The van der Waals surface area contributed by atoms with Gasteiger partial charge in [0.15, 0.2) is 0 Å². The summed E-state index contributed by atoms with van der Waals surface area (Å²) in [5, 5.41) is 17.7. The van der Waals surface area contributed by atoms with Gasteiger partial charge in [0.25, 0.3) is 0 Å². The van der Waals surface area contributed by atoms with E-state index in [-0.39, 0.29) is 9.94 Å². The summed E-state index contributed by atoms with van der Waals surface area (Å²) in [7, 11) is -2.04. The van der Waals surface area contributed by atoms with Crippen LogP contribution in [0.1, 0.15) is 0 Å². The highest BCUT2D eigenvalue weighted by Crippen LogP contribution is 2.23. The number of alkyl halides is 3. The fraction of sp³-hybridized carbons (Fsp3) is 0.143. The Morgan fingerprint density at radius 1 is 1.27 bits per heavy atom. The first-order chi connectivity index (χ1) is 6.81. The van der Waals surface area contributed by atoms with Gasteiger partial charge in [-0.05, 0) is 12.1 Å². The topological polar surface area (TPSA) is 49.7 Å². The fourth-order valence-corrected chi connectivity index (χ4v) is 1.53. The summed E-state index contributed by atoms with van der Waals surface area (Å²) in [6.07, 6.45) is -4.87. The molecule has 82 valence electrons. The number of rotatable bonds is 2. The number of halogens is 4. The van der Waals surface area contributed by atoms with Crippen LogP contribution in [0.3, 0.4) is 0 Å². The SMILES string of the molecule is OB(O)c1c(Br)cccc1OC(F)(F)F. The molecule has 0 spiro atoms. The predicted molar refractivity (Wildman–Crippen MR) is 50.7 cm³/mol. The molecule has 0 unspecified atom stereocenters. The van der Waals surface area contributed by atoms with Gasteiger partial charge in [-0.15, -0.1) is 13.2 Å². The molecule has 0 atom stereocenters. The molecule has 3 nitrogen and oxygen atoms in total. The highest BCUT2D eigenvalue weighted by molar-refractivity contribution is 9.10. The standard InChI is InChI=1S/C7H5BBrF3O3/c9-4-2-1-3-5(6(4)8(13)14)15-7(10,11)12/h1-3,13-14H. The van der Waals surface area contributed by atoms with Crippen LogP contribution in [0, 0.1) is 0 Å². The van der Waals surface area contributed by atoms with Gasteiger partial charge in [0, 0.05) is 9.94 Å². The van der Waals surface area contributed by atoms with Crippen LogP contribution in [0.5, 0.6) is 5.75 Å². The highest BCUT2D eigenvalue weighted by atomic mass is 79.9. The van der Waals surface area contributed by atoms with Gasteiger partial charge in [-0.2, -0.15) is 0 Å². The van der Waals surface area contributed by atoms with E-state index < -0.39 is 19.2 Å². The number of benzene rings is 1. The van der Waals surface area contributed by atoms with E-state index in [4.69, 9.17) is 10.0 Å². The van der Waals surface area contributed by atoms with Crippen molar-refractivity contribution < 1.29 is 28.0 Å². The lowest BCUT2D eigenvalue weighted by molar-refractivity contribution is -0.274. The smallest absolute Gasteiger partial charge is 0.423 e. The lowest BCUT2D eigenvalue weighted by Gasteiger charge is -2.13. The quantitative estimate of drug-likeness (QED) is 0.798. The Labute approximate surface area is 91.8 Å². The van der Waals surface area contributed by atoms with Gasteiger partial charge < -0.3 is 14.8 Å². The molecule has 15 heavy (non-hydrogen) atoms. The molecule has 0 heterocycles. The number of ether oxygens (including phenoxy) is 1. The zero-order valence-electron chi connectivity index (χ0n) is 7.12. The average Bonchev–Trinajstić information content (AvgIpc) is 1.99. The summed E-state index contributed by atoms with van der Waals surface area (Å²) in [6.45, 7) is 0. The first-order valence-corrected chi connectivity index (χ1v) is 4.51. The molecule has 0 aromatic heterocycles. The van der Waals surface area contributed by atoms with Crippen LogP contribution < -0.4 is 10.2 Å². The van der Waals surface area contributed by atoms with Crippen molar-refractivity contribution in [2.45, 2.75) is 6.36 Å². The molecule has 0 radical (unpaired) electrons. The maximum Gasteiger partial charge on any atom is 0.573 e. The Hall–Kier alpha value is -0.725. The minimum Gasteiger partial charge on any atom is -0.423 e. The Morgan fingerprint density at radius 3 is 2.33 bits per heavy atom. The Kier molecular flexibility index (Phi) is 3.64. The lowest BCUT2D eigenvalue weighted by atomic mass is 9.79. The Morgan fingerprint density at radius 2 is 1.87 bits per heavy atom. The first kappa shape index (κ1) is 12.3. The van der Waals surface area contributed by atoms with Gasteiger partial charge in [-0.25, -0.2) is 0 Å². The van der Waals surface area contributed by atoms with Crippen LogP contribution in [-0.2, 0) is 0 Å². The van der Waals surface area contributed by atoms with Crippen molar-refractivity contribution in [1.29, 1.82) is 0 Å². The van der Waals surface area contributed by atoms with Gasteiger partial charge in [-0.1, -0.05) is 22.0 Å². The Bertz CT molecular complexity index is 356. The second-order valence-electron chi connectivity index (χ2n) is 2.57. The summed E-state index contributed by atoms with van der Waals surface area (Å²) in [4.78, 5) is 0. The molecule has 0 aliphatic rings. The molecule has 0 amide bonds. The van der Waals surface area contributed by atoms with E-state index in [0.29, 0.717) is 0 Å². The minimum absolute atomic E-state index is 0.124. The van der Waals surface area contributed by atoms with Crippen LogP contribution in [0.2, 0.25) is 0 Å². The molecule has 1 aromatic rings. The van der Waals surface area contributed by atoms with Crippen molar-refractivity contribution in [2.24, 2.45) is 0 Å². The normalized spacial score (nSPS) is 11.3. The molecule has 0 fully saturated rings. The molecule has 2 N–H and O–H groups in total. The van der Waals surface area contributed by atoms with Crippen molar-refractivity contribution >= 4 is 28.5 Å².